The fourth-order valence-corrected chi connectivity index (χ4v) is 3.27. The van der Waals surface area contributed by atoms with E-state index in [0.717, 1.165) is 30.2 Å². The molecule has 0 saturated carbocycles. The third-order valence-electron chi connectivity index (χ3n) is 4.54. The minimum atomic E-state index is -1.01. The van der Waals surface area contributed by atoms with E-state index >= 15 is 0 Å². The Balaban J connectivity index is 1.56. The topological polar surface area (TPSA) is 62.2 Å². The second-order valence-corrected chi connectivity index (χ2v) is 6.33. The predicted molar refractivity (Wildman–Crippen MR) is 88.8 cm³/mol. The first-order valence-electron chi connectivity index (χ1n) is 8.24. The second kappa shape index (κ2) is 7.09. The molecule has 3 rings (SSSR count). The highest BCUT2D eigenvalue weighted by Gasteiger charge is 2.34. The van der Waals surface area contributed by atoms with Gasteiger partial charge in [0.25, 0.3) is 0 Å². The lowest BCUT2D eigenvalue weighted by atomic mass is 9.79. The zero-order chi connectivity index (χ0) is 17.0. The van der Waals surface area contributed by atoms with Gasteiger partial charge in [-0.05, 0) is 48.4 Å². The molecule has 0 aliphatic heterocycles. The minimum Gasteiger partial charge on any atom is -0.383 e. The van der Waals surface area contributed by atoms with Gasteiger partial charge in [-0.3, -0.25) is 9.78 Å². The van der Waals surface area contributed by atoms with E-state index in [9.17, 15) is 14.3 Å². The second-order valence-electron chi connectivity index (χ2n) is 6.33. The molecule has 5 heteroatoms. The molecule has 1 aliphatic rings. The normalized spacial score (nSPS) is 19.6. The third-order valence-corrected chi connectivity index (χ3v) is 4.54. The number of hydrogen-bond donors (Lipinski definition) is 2. The highest BCUT2D eigenvalue weighted by atomic mass is 19.1. The van der Waals surface area contributed by atoms with Gasteiger partial charge in [-0.15, -0.1) is 0 Å². The summed E-state index contributed by atoms with van der Waals surface area (Å²) in [5.74, 6) is -0.559. The average Bonchev–Trinajstić information content (AvgIpc) is 2.59. The molecule has 1 atom stereocenters. The number of amides is 1. The molecule has 0 saturated heterocycles. The molecule has 1 aromatic carbocycles. The van der Waals surface area contributed by atoms with Crippen LogP contribution >= 0.6 is 0 Å². The van der Waals surface area contributed by atoms with Crippen molar-refractivity contribution >= 4 is 5.91 Å². The van der Waals surface area contributed by atoms with Crippen LogP contribution in [-0.2, 0) is 23.2 Å². The molecule has 4 nitrogen and oxygen atoms in total. The van der Waals surface area contributed by atoms with E-state index in [-0.39, 0.29) is 18.9 Å². The number of aryl methyl sites for hydroxylation is 2. The molecule has 1 unspecified atom stereocenters. The number of rotatable bonds is 5. The Morgan fingerprint density at radius 1 is 1.33 bits per heavy atom. The highest BCUT2D eigenvalue weighted by Crippen LogP contribution is 2.34. The Kier molecular flexibility index (Phi) is 4.90. The molecular formula is C19H21FN2O2. The average molecular weight is 328 g/mol. The van der Waals surface area contributed by atoms with Crippen molar-refractivity contribution in [3.05, 3.63) is 65.2 Å². The van der Waals surface area contributed by atoms with Crippen molar-refractivity contribution in [2.75, 3.05) is 6.54 Å². The van der Waals surface area contributed by atoms with Gasteiger partial charge in [0.1, 0.15) is 11.4 Å². The molecule has 0 bridgehead atoms. The number of carbonyl (C=O) groups is 1. The molecule has 0 radical (unpaired) electrons. The van der Waals surface area contributed by atoms with Gasteiger partial charge in [0.15, 0.2) is 0 Å². The van der Waals surface area contributed by atoms with Crippen LogP contribution in [-0.4, -0.2) is 22.5 Å². The van der Waals surface area contributed by atoms with Crippen molar-refractivity contribution in [3.8, 4) is 0 Å². The van der Waals surface area contributed by atoms with Crippen LogP contribution in [0, 0.1) is 5.82 Å². The molecular weight excluding hydrogens is 307 g/mol. The van der Waals surface area contributed by atoms with Crippen molar-refractivity contribution in [2.24, 2.45) is 0 Å². The quantitative estimate of drug-likeness (QED) is 0.886. The lowest BCUT2D eigenvalue weighted by molar-refractivity contribution is -0.122. The summed E-state index contributed by atoms with van der Waals surface area (Å²) in [6.07, 6.45) is 5.85. The van der Waals surface area contributed by atoms with Gasteiger partial charge in [0, 0.05) is 12.6 Å². The van der Waals surface area contributed by atoms with E-state index in [1.54, 1.807) is 6.20 Å². The largest absolute Gasteiger partial charge is 0.383 e. The minimum absolute atomic E-state index is 0.157. The smallest absolute Gasteiger partial charge is 0.220 e. The first-order valence-corrected chi connectivity index (χ1v) is 8.24. The molecule has 24 heavy (non-hydrogen) atoms. The van der Waals surface area contributed by atoms with Gasteiger partial charge in [-0.1, -0.05) is 24.3 Å². The van der Waals surface area contributed by atoms with E-state index in [1.165, 1.54) is 6.07 Å². The van der Waals surface area contributed by atoms with Gasteiger partial charge >= 0.3 is 0 Å². The summed E-state index contributed by atoms with van der Waals surface area (Å²) in [6.45, 7) is 0.199. The maximum Gasteiger partial charge on any atom is 0.220 e. The molecule has 0 fully saturated rings. The third kappa shape index (κ3) is 3.79. The Morgan fingerprint density at radius 2 is 2.17 bits per heavy atom. The van der Waals surface area contributed by atoms with Crippen molar-refractivity contribution in [3.63, 3.8) is 0 Å². The summed E-state index contributed by atoms with van der Waals surface area (Å²) >= 11 is 0. The van der Waals surface area contributed by atoms with Gasteiger partial charge in [-0.2, -0.15) is 0 Å². The summed E-state index contributed by atoms with van der Waals surface area (Å²) < 4.78 is 13.1. The molecule has 1 amide bonds. The molecule has 2 N–H and O–H groups in total. The standard InChI is InChI=1S/C19H21FN2O2/c20-16-10-14(11-21-12-16)7-8-18(23)22-13-19(24)9-3-5-15-4-1-2-6-17(15)19/h1-2,4,6,10-12,24H,3,5,7-9,13H2,(H,22,23). The monoisotopic (exact) mass is 328 g/mol. The fourth-order valence-electron chi connectivity index (χ4n) is 3.27. The number of halogens is 1. The highest BCUT2D eigenvalue weighted by molar-refractivity contribution is 5.76. The van der Waals surface area contributed by atoms with Crippen LogP contribution in [0.15, 0.2) is 42.7 Å². The SMILES string of the molecule is O=C(CCc1cncc(F)c1)NCC1(O)CCCc2ccccc21. The zero-order valence-corrected chi connectivity index (χ0v) is 13.5. The zero-order valence-electron chi connectivity index (χ0n) is 13.5. The number of pyridine rings is 1. The number of nitrogens with zero attached hydrogens (tertiary/aromatic N) is 1. The predicted octanol–water partition coefficient (Wildman–Crippen LogP) is 2.49. The number of aromatic nitrogens is 1. The number of hydrogen-bond acceptors (Lipinski definition) is 3. The lowest BCUT2D eigenvalue weighted by Crippen LogP contribution is -2.43. The lowest BCUT2D eigenvalue weighted by Gasteiger charge is -2.34. The van der Waals surface area contributed by atoms with Crippen LogP contribution in [0.25, 0.3) is 0 Å². The Bertz CT molecular complexity index is 735. The van der Waals surface area contributed by atoms with Crippen LogP contribution in [0.4, 0.5) is 4.39 Å². The van der Waals surface area contributed by atoms with E-state index in [2.05, 4.69) is 10.3 Å². The summed E-state index contributed by atoms with van der Waals surface area (Å²) in [6, 6.07) is 9.21. The van der Waals surface area contributed by atoms with Gasteiger partial charge in [0.2, 0.25) is 5.91 Å². The van der Waals surface area contributed by atoms with Gasteiger partial charge in [-0.25, -0.2) is 4.39 Å². The maximum absolute atomic E-state index is 13.1. The van der Waals surface area contributed by atoms with E-state index < -0.39 is 11.4 Å². The molecule has 1 heterocycles. The summed E-state index contributed by atoms with van der Waals surface area (Å²) in [5, 5.41) is 13.7. The molecule has 0 spiro atoms. The fraction of sp³-hybridized carbons (Fsp3) is 0.368. The number of fused-ring (bicyclic) bond motifs is 1. The number of benzene rings is 1. The van der Waals surface area contributed by atoms with Crippen LogP contribution in [0.3, 0.4) is 0 Å². The summed E-state index contributed by atoms with van der Waals surface area (Å²) in [4.78, 5) is 15.8. The van der Waals surface area contributed by atoms with Crippen molar-refractivity contribution in [1.29, 1.82) is 0 Å². The van der Waals surface area contributed by atoms with Crippen LogP contribution < -0.4 is 5.32 Å². The molecule has 126 valence electrons. The van der Waals surface area contributed by atoms with E-state index in [0.29, 0.717) is 18.4 Å². The van der Waals surface area contributed by atoms with Crippen LogP contribution in [0.1, 0.15) is 36.0 Å². The van der Waals surface area contributed by atoms with E-state index in [1.807, 2.05) is 24.3 Å². The van der Waals surface area contributed by atoms with Crippen LogP contribution in [0.2, 0.25) is 0 Å². The van der Waals surface area contributed by atoms with Crippen molar-refractivity contribution < 1.29 is 14.3 Å². The first kappa shape index (κ1) is 16.6. The van der Waals surface area contributed by atoms with Crippen molar-refractivity contribution in [1.82, 2.24) is 10.3 Å². The number of aliphatic hydroxyl groups is 1. The molecule has 2 aromatic rings. The molecule has 1 aromatic heterocycles. The first-order chi connectivity index (χ1) is 11.6. The van der Waals surface area contributed by atoms with Crippen molar-refractivity contribution in [2.45, 2.75) is 37.7 Å². The Hall–Kier alpha value is -2.27. The Labute approximate surface area is 140 Å². The van der Waals surface area contributed by atoms with Gasteiger partial charge in [0.05, 0.1) is 12.7 Å². The van der Waals surface area contributed by atoms with E-state index in [4.69, 9.17) is 0 Å². The maximum atomic E-state index is 13.1. The van der Waals surface area contributed by atoms with Gasteiger partial charge < -0.3 is 10.4 Å². The number of nitrogens with one attached hydrogen (secondary N) is 1. The number of carbonyl (C=O) groups excluding carboxylic acids is 1. The summed E-state index contributed by atoms with van der Waals surface area (Å²) in [7, 11) is 0. The van der Waals surface area contributed by atoms with Crippen LogP contribution in [0.5, 0.6) is 0 Å². The summed E-state index contributed by atoms with van der Waals surface area (Å²) in [5.41, 5.74) is 1.73. The molecule has 1 aliphatic carbocycles. The Morgan fingerprint density at radius 3 is 3.00 bits per heavy atom.